The number of aryl methyl sites for hydroxylation is 1. The molecule has 0 radical (unpaired) electrons. The Hall–Kier alpha value is -2.27. The summed E-state index contributed by atoms with van der Waals surface area (Å²) < 4.78 is 2.08. The van der Waals surface area contributed by atoms with Crippen LogP contribution < -0.4 is 0 Å². The second-order valence-corrected chi connectivity index (χ2v) is 8.81. The van der Waals surface area contributed by atoms with Gasteiger partial charge < -0.3 is 4.57 Å². The van der Waals surface area contributed by atoms with Crippen LogP contribution in [0.25, 0.3) is 11.8 Å². The van der Waals surface area contributed by atoms with Crippen LogP contribution in [0, 0.1) is 19.8 Å². The van der Waals surface area contributed by atoms with Crippen LogP contribution in [0.5, 0.6) is 0 Å². The summed E-state index contributed by atoms with van der Waals surface area (Å²) in [4.78, 5) is 27.3. The Morgan fingerprint density at radius 2 is 1.86 bits per heavy atom. The van der Waals surface area contributed by atoms with E-state index in [0.717, 1.165) is 36.0 Å². The second-order valence-electron chi connectivity index (χ2n) is 7.82. The third-order valence-corrected chi connectivity index (χ3v) is 6.84. The van der Waals surface area contributed by atoms with Gasteiger partial charge in [0.1, 0.15) is 0 Å². The highest BCUT2D eigenvalue weighted by molar-refractivity contribution is 8.18. The van der Waals surface area contributed by atoms with Gasteiger partial charge in [-0.15, -0.1) is 0 Å². The molecule has 0 bridgehead atoms. The summed E-state index contributed by atoms with van der Waals surface area (Å²) in [6.45, 7) is 4.77. The molecule has 28 heavy (non-hydrogen) atoms. The minimum atomic E-state index is -0.144. The number of hydrogen-bond donors (Lipinski definition) is 0. The maximum Gasteiger partial charge on any atom is 0.293 e. The van der Waals surface area contributed by atoms with E-state index in [1.54, 1.807) is 0 Å². The maximum absolute atomic E-state index is 12.9. The molecule has 0 N–H and O–H groups in total. The van der Waals surface area contributed by atoms with Crippen LogP contribution >= 0.6 is 11.8 Å². The first kappa shape index (κ1) is 19.1. The van der Waals surface area contributed by atoms with Gasteiger partial charge in [0.25, 0.3) is 11.1 Å². The summed E-state index contributed by atoms with van der Waals surface area (Å²) in [6.07, 6.45) is 9.79. The molecule has 2 heterocycles. The van der Waals surface area contributed by atoms with Gasteiger partial charge >= 0.3 is 0 Å². The highest BCUT2D eigenvalue weighted by atomic mass is 32.2. The number of carbonyl (C=O) groups excluding carboxylic acids is 2. The van der Waals surface area contributed by atoms with Crippen molar-refractivity contribution in [1.82, 2.24) is 9.47 Å². The summed E-state index contributed by atoms with van der Waals surface area (Å²) in [5.74, 6) is 0.315. The van der Waals surface area contributed by atoms with Gasteiger partial charge in [-0.2, -0.15) is 0 Å². The fourth-order valence-electron chi connectivity index (χ4n) is 4.15. The van der Waals surface area contributed by atoms with Crippen LogP contribution in [0.3, 0.4) is 0 Å². The molecule has 0 spiro atoms. The maximum atomic E-state index is 12.9. The number of imide groups is 1. The van der Waals surface area contributed by atoms with Gasteiger partial charge in [0.2, 0.25) is 0 Å². The zero-order valence-electron chi connectivity index (χ0n) is 16.5. The van der Waals surface area contributed by atoms with Gasteiger partial charge in [0, 0.05) is 24.1 Å². The van der Waals surface area contributed by atoms with Crippen molar-refractivity contribution in [2.75, 3.05) is 6.54 Å². The third kappa shape index (κ3) is 3.68. The largest absolute Gasteiger partial charge is 0.317 e. The minimum absolute atomic E-state index is 0.133. The smallest absolute Gasteiger partial charge is 0.293 e. The van der Waals surface area contributed by atoms with E-state index < -0.39 is 0 Å². The SMILES string of the molecule is Cc1cccc(-n2cccc2/C=C2/SC(=O)N(CC3CCCCC3)C2=O)c1C. The number of hydrogen-bond acceptors (Lipinski definition) is 3. The van der Waals surface area contributed by atoms with E-state index in [0.29, 0.717) is 17.4 Å². The predicted octanol–water partition coefficient (Wildman–Crippen LogP) is 5.71. The van der Waals surface area contributed by atoms with E-state index in [1.165, 1.54) is 35.3 Å². The molecular weight excluding hydrogens is 368 g/mol. The van der Waals surface area contributed by atoms with Crippen molar-refractivity contribution < 1.29 is 9.59 Å². The van der Waals surface area contributed by atoms with E-state index in [4.69, 9.17) is 0 Å². The summed E-state index contributed by atoms with van der Waals surface area (Å²) >= 11 is 1.07. The van der Waals surface area contributed by atoms with Crippen molar-refractivity contribution in [2.45, 2.75) is 46.0 Å². The molecule has 2 amide bonds. The van der Waals surface area contributed by atoms with Gasteiger partial charge in [0.05, 0.1) is 4.91 Å². The lowest BCUT2D eigenvalue weighted by Crippen LogP contribution is -2.34. The lowest BCUT2D eigenvalue weighted by Gasteiger charge is -2.25. The molecule has 1 aliphatic heterocycles. The Kier molecular flexibility index (Phi) is 5.44. The standard InChI is InChI=1S/C23H26N2O2S/c1-16-8-6-12-20(17(16)2)24-13-7-11-19(24)14-21-22(26)25(23(27)28-21)15-18-9-4-3-5-10-18/h6-8,11-14,18H,3-5,9-10,15H2,1-2H3/b21-14+. The Morgan fingerprint density at radius 3 is 2.64 bits per heavy atom. The van der Waals surface area contributed by atoms with Crippen molar-refractivity contribution in [3.8, 4) is 5.69 Å². The van der Waals surface area contributed by atoms with Crippen LogP contribution in [0.4, 0.5) is 4.79 Å². The normalized spacial score (nSPS) is 19.8. The molecule has 4 rings (SSSR count). The van der Waals surface area contributed by atoms with E-state index in [2.05, 4.69) is 30.5 Å². The monoisotopic (exact) mass is 394 g/mol. The van der Waals surface area contributed by atoms with Crippen molar-refractivity contribution in [3.63, 3.8) is 0 Å². The van der Waals surface area contributed by atoms with Crippen LogP contribution in [0.15, 0.2) is 41.4 Å². The number of nitrogens with zero attached hydrogens (tertiary/aromatic N) is 2. The number of benzene rings is 1. The molecule has 5 heteroatoms. The lowest BCUT2D eigenvalue weighted by atomic mass is 9.89. The van der Waals surface area contributed by atoms with Gasteiger partial charge in [-0.1, -0.05) is 31.4 Å². The van der Waals surface area contributed by atoms with Crippen molar-refractivity contribution in [3.05, 3.63) is 58.3 Å². The molecule has 4 nitrogen and oxygen atoms in total. The fraction of sp³-hybridized carbons (Fsp3) is 0.391. The zero-order valence-corrected chi connectivity index (χ0v) is 17.3. The minimum Gasteiger partial charge on any atom is -0.317 e. The number of rotatable bonds is 4. The van der Waals surface area contributed by atoms with Crippen LogP contribution in [-0.2, 0) is 4.79 Å². The first-order chi connectivity index (χ1) is 13.5. The summed E-state index contributed by atoms with van der Waals surface area (Å²) in [6, 6.07) is 10.2. The quantitative estimate of drug-likeness (QED) is 0.624. The fourth-order valence-corrected chi connectivity index (χ4v) is 4.98. The Balaban J connectivity index is 1.59. The van der Waals surface area contributed by atoms with E-state index in [1.807, 2.05) is 30.5 Å². The van der Waals surface area contributed by atoms with Crippen molar-refractivity contribution in [1.29, 1.82) is 0 Å². The molecule has 0 atom stereocenters. The molecule has 0 unspecified atom stereocenters. The molecule has 146 valence electrons. The molecule has 1 aliphatic carbocycles. The molecule has 2 fully saturated rings. The number of carbonyl (C=O) groups is 2. The Morgan fingerprint density at radius 1 is 1.07 bits per heavy atom. The summed E-state index contributed by atoms with van der Waals surface area (Å²) in [7, 11) is 0. The van der Waals surface area contributed by atoms with E-state index >= 15 is 0 Å². The highest BCUT2D eigenvalue weighted by Gasteiger charge is 2.36. The second kappa shape index (κ2) is 8.00. The van der Waals surface area contributed by atoms with Gasteiger partial charge in [-0.05, 0) is 79.8 Å². The highest BCUT2D eigenvalue weighted by Crippen LogP contribution is 2.35. The molecular formula is C23H26N2O2S. The van der Waals surface area contributed by atoms with Crippen molar-refractivity contribution in [2.24, 2.45) is 5.92 Å². The number of thioether (sulfide) groups is 1. The van der Waals surface area contributed by atoms with Gasteiger partial charge in [-0.25, -0.2) is 0 Å². The molecule has 1 saturated heterocycles. The summed E-state index contributed by atoms with van der Waals surface area (Å²) in [5, 5.41) is -0.133. The lowest BCUT2D eigenvalue weighted by molar-refractivity contribution is -0.123. The number of amides is 2. The van der Waals surface area contributed by atoms with Crippen molar-refractivity contribution >= 4 is 29.0 Å². The Bertz CT molecular complexity index is 938. The van der Waals surface area contributed by atoms with Gasteiger partial charge in [0.15, 0.2) is 0 Å². The van der Waals surface area contributed by atoms with Gasteiger partial charge in [-0.3, -0.25) is 14.5 Å². The molecule has 2 aliphatic rings. The van der Waals surface area contributed by atoms with E-state index in [-0.39, 0.29) is 11.1 Å². The molecule has 1 aromatic carbocycles. The van der Waals surface area contributed by atoms with Crippen LogP contribution in [0.1, 0.15) is 48.9 Å². The van der Waals surface area contributed by atoms with E-state index in [9.17, 15) is 9.59 Å². The average molecular weight is 395 g/mol. The van der Waals surface area contributed by atoms with Crippen LogP contribution in [0.2, 0.25) is 0 Å². The molecule has 1 saturated carbocycles. The zero-order chi connectivity index (χ0) is 19.7. The Labute approximate surface area is 170 Å². The molecule has 1 aromatic heterocycles. The van der Waals surface area contributed by atoms with Crippen LogP contribution in [-0.4, -0.2) is 27.2 Å². The first-order valence-corrected chi connectivity index (χ1v) is 10.9. The first-order valence-electron chi connectivity index (χ1n) is 10.0. The molecule has 2 aromatic rings. The predicted molar refractivity (Wildman–Crippen MR) is 114 cm³/mol. The third-order valence-electron chi connectivity index (χ3n) is 5.93. The summed E-state index contributed by atoms with van der Waals surface area (Å²) in [5.41, 5.74) is 4.44. The topological polar surface area (TPSA) is 42.3 Å². The average Bonchev–Trinajstić information content (AvgIpc) is 3.25. The number of aromatic nitrogens is 1.